The second-order valence-corrected chi connectivity index (χ2v) is 11.6. The van der Waals surface area contributed by atoms with Crippen LogP contribution in [0.2, 0.25) is 0 Å². The van der Waals surface area contributed by atoms with Crippen LogP contribution in [0.4, 0.5) is 0 Å². The molecule has 3 atom stereocenters. The minimum atomic E-state index is -0.354. The first-order valence-electron chi connectivity index (χ1n) is 15.8. The van der Waals surface area contributed by atoms with Crippen molar-refractivity contribution in [3.63, 3.8) is 0 Å². The van der Waals surface area contributed by atoms with E-state index in [1.165, 1.54) is 0 Å². The van der Waals surface area contributed by atoms with Crippen LogP contribution in [0, 0.1) is 0 Å². The van der Waals surface area contributed by atoms with Crippen LogP contribution in [-0.2, 0) is 18.9 Å². The molecule has 8 nitrogen and oxygen atoms in total. The fourth-order valence-corrected chi connectivity index (χ4v) is 4.88. The average molecular weight is 623 g/mol. The molecule has 238 valence electrons. The first-order valence-corrected chi connectivity index (χ1v) is 15.8. The van der Waals surface area contributed by atoms with Gasteiger partial charge in [-0.15, -0.1) is 0 Å². The Bertz CT molecular complexity index is 1570. The summed E-state index contributed by atoms with van der Waals surface area (Å²) in [6.07, 6.45) is 2.31. The Morgan fingerprint density at radius 3 is 1.48 bits per heavy atom. The minimum Gasteiger partial charge on any atom is -0.491 e. The normalized spacial score (nSPS) is 17.1. The summed E-state index contributed by atoms with van der Waals surface area (Å²) in [6.45, 7) is 4.87. The molecule has 46 heavy (non-hydrogen) atoms. The second kappa shape index (κ2) is 15.1. The van der Waals surface area contributed by atoms with E-state index in [0.29, 0.717) is 43.8 Å². The van der Waals surface area contributed by atoms with Crippen LogP contribution < -0.4 is 9.47 Å². The van der Waals surface area contributed by atoms with Gasteiger partial charge in [-0.1, -0.05) is 48.5 Å². The third-order valence-electron chi connectivity index (χ3n) is 7.84. The smallest absolute Gasteiger partial charge is 0.338 e. The van der Waals surface area contributed by atoms with Crippen LogP contribution in [0.15, 0.2) is 97.1 Å². The zero-order chi connectivity index (χ0) is 31.7. The highest BCUT2D eigenvalue weighted by Gasteiger charge is 2.23. The molecule has 0 aliphatic carbocycles. The SMILES string of the molecule is CC(CCCCOC(=O)c1ccc(-c2ccc(OCC3CO3)cc2)cc1)OC(=O)c1ccc(-c2ccc(OCC3CO3)cc2)cc1. The Hall–Kier alpha value is -4.66. The molecule has 4 aromatic rings. The molecule has 2 aliphatic rings. The fourth-order valence-electron chi connectivity index (χ4n) is 4.88. The lowest BCUT2D eigenvalue weighted by atomic mass is 10.0. The first-order chi connectivity index (χ1) is 22.5. The maximum atomic E-state index is 12.7. The van der Waals surface area contributed by atoms with Crippen LogP contribution in [0.3, 0.4) is 0 Å². The molecule has 0 aromatic heterocycles. The lowest BCUT2D eigenvalue weighted by Gasteiger charge is -2.13. The van der Waals surface area contributed by atoms with Crippen molar-refractivity contribution in [1.82, 2.24) is 0 Å². The highest BCUT2D eigenvalue weighted by Crippen LogP contribution is 2.25. The molecule has 3 unspecified atom stereocenters. The number of hydrogen-bond acceptors (Lipinski definition) is 8. The largest absolute Gasteiger partial charge is 0.491 e. The van der Waals surface area contributed by atoms with Crippen molar-refractivity contribution in [3.8, 4) is 33.8 Å². The van der Waals surface area contributed by atoms with Crippen LogP contribution in [-0.4, -0.2) is 63.3 Å². The minimum absolute atomic E-state index is 0.222. The Morgan fingerprint density at radius 1 is 0.630 bits per heavy atom. The van der Waals surface area contributed by atoms with Crippen LogP contribution in [0.5, 0.6) is 11.5 Å². The Balaban J connectivity index is 0.868. The van der Waals surface area contributed by atoms with Gasteiger partial charge in [0.2, 0.25) is 0 Å². The molecule has 6 rings (SSSR count). The highest BCUT2D eigenvalue weighted by atomic mass is 16.6. The lowest BCUT2D eigenvalue weighted by molar-refractivity contribution is 0.0313. The van der Waals surface area contributed by atoms with E-state index in [4.69, 9.17) is 28.4 Å². The quantitative estimate of drug-likeness (QED) is 0.0739. The van der Waals surface area contributed by atoms with E-state index in [1.54, 1.807) is 24.3 Å². The van der Waals surface area contributed by atoms with E-state index in [-0.39, 0.29) is 30.3 Å². The molecule has 2 saturated heterocycles. The second-order valence-electron chi connectivity index (χ2n) is 11.6. The standard InChI is InChI=1S/C38H38O8/c1-26(46-38(40)32-11-7-28(8-12-32)30-15-19-34(20-16-30)43-23-36-25-45-36)4-2-3-21-41-37(39)31-9-5-27(6-10-31)29-13-17-33(18-14-29)42-22-35-24-44-35/h5-20,26,35-36H,2-4,21-25H2,1H3. The maximum Gasteiger partial charge on any atom is 0.338 e. The number of ether oxygens (including phenoxy) is 6. The van der Waals surface area contributed by atoms with E-state index in [1.807, 2.05) is 79.7 Å². The molecule has 2 fully saturated rings. The van der Waals surface area contributed by atoms with E-state index in [2.05, 4.69) is 0 Å². The van der Waals surface area contributed by atoms with Crippen molar-refractivity contribution in [2.24, 2.45) is 0 Å². The third-order valence-corrected chi connectivity index (χ3v) is 7.84. The number of hydrogen-bond donors (Lipinski definition) is 0. The average Bonchev–Trinajstić information content (AvgIpc) is 4.03. The van der Waals surface area contributed by atoms with Crippen LogP contribution in [0.25, 0.3) is 22.3 Å². The number of esters is 2. The van der Waals surface area contributed by atoms with Gasteiger partial charge in [-0.2, -0.15) is 0 Å². The van der Waals surface area contributed by atoms with Crippen molar-refractivity contribution in [2.75, 3.05) is 33.0 Å². The van der Waals surface area contributed by atoms with Crippen molar-refractivity contribution < 1.29 is 38.0 Å². The molecule has 0 radical (unpaired) electrons. The Labute approximate surface area is 269 Å². The summed E-state index contributed by atoms with van der Waals surface area (Å²) in [6, 6.07) is 30.5. The van der Waals surface area contributed by atoms with Gasteiger partial charge < -0.3 is 28.4 Å². The number of benzene rings is 4. The predicted octanol–water partition coefficient (Wildman–Crippen LogP) is 7.15. The molecular weight excluding hydrogens is 584 g/mol. The third kappa shape index (κ3) is 9.19. The van der Waals surface area contributed by atoms with E-state index < -0.39 is 0 Å². The van der Waals surface area contributed by atoms with Gasteiger partial charge in [-0.25, -0.2) is 9.59 Å². The van der Waals surface area contributed by atoms with Crippen molar-refractivity contribution in [1.29, 1.82) is 0 Å². The molecule has 8 heteroatoms. The zero-order valence-corrected chi connectivity index (χ0v) is 25.9. The lowest BCUT2D eigenvalue weighted by Crippen LogP contribution is -2.15. The molecule has 0 bridgehead atoms. The van der Waals surface area contributed by atoms with E-state index in [9.17, 15) is 9.59 Å². The van der Waals surface area contributed by atoms with Gasteiger partial charge in [0, 0.05) is 0 Å². The molecule has 0 amide bonds. The summed E-state index contributed by atoms with van der Waals surface area (Å²) in [7, 11) is 0. The molecular formula is C38H38O8. The number of unbranched alkanes of at least 4 members (excludes halogenated alkanes) is 1. The summed E-state index contributed by atoms with van der Waals surface area (Å²) in [4.78, 5) is 25.2. The van der Waals surface area contributed by atoms with Crippen molar-refractivity contribution in [2.45, 2.75) is 44.5 Å². The molecule has 2 heterocycles. The molecule has 0 spiro atoms. The summed E-state index contributed by atoms with van der Waals surface area (Å²) >= 11 is 0. The van der Waals surface area contributed by atoms with E-state index in [0.717, 1.165) is 53.4 Å². The van der Waals surface area contributed by atoms with Crippen LogP contribution >= 0.6 is 0 Å². The number of epoxide rings is 2. The predicted molar refractivity (Wildman–Crippen MR) is 173 cm³/mol. The monoisotopic (exact) mass is 622 g/mol. The number of carbonyl (C=O) groups is 2. The molecule has 0 saturated carbocycles. The van der Waals surface area contributed by atoms with Gasteiger partial charge in [0.1, 0.15) is 36.9 Å². The van der Waals surface area contributed by atoms with Crippen molar-refractivity contribution >= 4 is 11.9 Å². The van der Waals surface area contributed by atoms with Gasteiger partial charge in [0.15, 0.2) is 0 Å². The fraction of sp³-hybridized carbons (Fsp3) is 0.316. The number of carbonyl (C=O) groups excluding carboxylic acids is 2. The van der Waals surface area contributed by atoms with Gasteiger partial charge >= 0.3 is 11.9 Å². The summed E-state index contributed by atoms with van der Waals surface area (Å²) < 4.78 is 32.8. The Morgan fingerprint density at radius 2 is 1.04 bits per heavy atom. The summed E-state index contributed by atoms with van der Waals surface area (Å²) in [5.41, 5.74) is 5.09. The van der Waals surface area contributed by atoms with Crippen molar-refractivity contribution in [3.05, 3.63) is 108 Å². The van der Waals surface area contributed by atoms with Gasteiger partial charge in [0.25, 0.3) is 0 Å². The molecule has 4 aromatic carbocycles. The highest BCUT2D eigenvalue weighted by molar-refractivity contribution is 5.90. The summed E-state index contributed by atoms with van der Waals surface area (Å²) in [5, 5.41) is 0. The summed E-state index contributed by atoms with van der Waals surface area (Å²) in [5.74, 6) is 0.907. The van der Waals surface area contributed by atoms with E-state index >= 15 is 0 Å². The van der Waals surface area contributed by atoms with Crippen LogP contribution in [0.1, 0.15) is 46.9 Å². The van der Waals surface area contributed by atoms with Gasteiger partial charge in [-0.3, -0.25) is 0 Å². The first kappa shape index (κ1) is 31.3. The van der Waals surface area contributed by atoms with Gasteiger partial charge in [0.05, 0.1) is 37.1 Å². The maximum absolute atomic E-state index is 12.7. The zero-order valence-electron chi connectivity index (χ0n) is 25.9. The molecule has 2 aliphatic heterocycles. The van der Waals surface area contributed by atoms with Gasteiger partial charge in [-0.05, 0) is 97.0 Å². The Kier molecular flexibility index (Phi) is 10.3. The molecule has 0 N–H and O–H groups in total. The topological polar surface area (TPSA) is 96.1 Å². The number of rotatable bonds is 16.